The second kappa shape index (κ2) is 3.97. The Morgan fingerprint density at radius 3 is 2.69 bits per heavy atom. The Hall–Kier alpha value is -2.44. The summed E-state index contributed by atoms with van der Waals surface area (Å²) in [5, 5.41) is 7.82. The van der Waals surface area contributed by atoms with Crippen LogP contribution in [0.2, 0.25) is 0 Å². The van der Waals surface area contributed by atoms with E-state index in [1.807, 2.05) is 0 Å². The quantitative estimate of drug-likeness (QED) is 0.716. The van der Waals surface area contributed by atoms with Gasteiger partial charge in [0, 0.05) is 0 Å². The molecule has 16 heavy (non-hydrogen) atoms. The number of aromatic nitrogens is 4. The largest absolute Gasteiger partial charge is 0.464 e. The predicted octanol–water partition coefficient (Wildman–Crippen LogP) is 0.0311. The van der Waals surface area contributed by atoms with Gasteiger partial charge in [-0.1, -0.05) is 0 Å². The highest BCUT2D eigenvalue weighted by atomic mass is 16.5. The van der Waals surface area contributed by atoms with Crippen LogP contribution in [0.15, 0.2) is 24.5 Å². The number of esters is 1. The fourth-order valence-electron chi connectivity index (χ4n) is 1.22. The van der Waals surface area contributed by atoms with Crippen LogP contribution in [-0.2, 0) is 4.74 Å². The maximum atomic E-state index is 11.5. The monoisotopic (exact) mass is 219 g/mol. The summed E-state index contributed by atoms with van der Waals surface area (Å²) in [6.07, 6.45) is 2.99. The Kier molecular flexibility index (Phi) is 2.50. The molecular formula is C9H9N5O2. The number of carbonyl (C=O) groups excluding carboxylic acids is 1. The van der Waals surface area contributed by atoms with Crippen molar-refractivity contribution in [1.29, 1.82) is 0 Å². The van der Waals surface area contributed by atoms with E-state index in [-0.39, 0.29) is 11.5 Å². The number of hydrogen-bond acceptors (Lipinski definition) is 6. The molecule has 0 unspecified atom stereocenters. The van der Waals surface area contributed by atoms with E-state index < -0.39 is 5.97 Å². The van der Waals surface area contributed by atoms with E-state index in [1.54, 1.807) is 12.1 Å². The molecule has 0 radical (unpaired) electrons. The highest BCUT2D eigenvalue weighted by molar-refractivity contribution is 5.91. The molecular weight excluding hydrogens is 210 g/mol. The number of carbonyl (C=O) groups is 1. The first-order chi connectivity index (χ1) is 7.72. The van der Waals surface area contributed by atoms with Crippen molar-refractivity contribution in [3.8, 4) is 5.69 Å². The van der Waals surface area contributed by atoms with Gasteiger partial charge in [0.2, 0.25) is 0 Å². The van der Waals surface area contributed by atoms with Gasteiger partial charge in [-0.15, -0.1) is 4.80 Å². The van der Waals surface area contributed by atoms with Gasteiger partial charge in [-0.05, 0) is 12.1 Å². The fourth-order valence-corrected chi connectivity index (χ4v) is 1.22. The van der Waals surface area contributed by atoms with Crippen LogP contribution in [0.3, 0.4) is 0 Å². The third-order valence-electron chi connectivity index (χ3n) is 1.91. The lowest BCUT2D eigenvalue weighted by molar-refractivity contribution is 0.0594. The Morgan fingerprint density at radius 1 is 1.38 bits per heavy atom. The van der Waals surface area contributed by atoms with E-state index in [0.717, 1.165) is 0 Å². The third-order valence-corrected chi connectivity index (χ3v) is 1.91. The van der Waals surface area contributed by atoms with Gasteiger partial charge >= 0.3 is 5.97 Å². The Morgan fingerprint density at radius 2 is 2.06 bits per heavy atom. The Balaban J connectivity index is 2.57. The Labute approximate surface area is 90.8 Å². The zero-order valence-electron chi connectivity index (χ0n) is 8.49. The normalized spacial score (nSPS) is 10.1. The van der Waals surface area contributed by atoms with E-state index in [1.165, 1.54) is 24.3 Å². The minimum atomic E-state index is -0.584. The molecule has 0 aliphatic heterocycles. The number of nitrogens with zero attached hydrogens (tertiary/aromatic N) is 4. The number of methoxy groups -OCH3 is 1. The highest BCUT2D eigenvalue weighted by Crippen LogP contribution is 2.13. The smallest absolute Gasteiger partial charge is 0.359 e. The van der Waals surface area contributed by atoms with E-state index in [4.69, 9.17) is 5.73 Å². The van der Waals surface area contributed by atoms with Gasteiger partial charge < -0.3 is 10.5 Å². The van der Waals surface area contributed by atoms with E-state index in [9.17, 15) is 4.79 Å². The standard InChI is InChI=1S/C9H9N5O2/c1-16-9(15)8-6(2-3-7(10)13-8)14-11-4-5-12-14/h2-5H,1H3,(H2,10,13). The molecule has 7 nitrogen and oxygen atoms in total. The summed E-state index contributed by atoms with van der Waals surface area (Å²) in [4.78, 5) is 16.7. The zero-order valence-corrected chi connectivity index (χ0v) is 8.49. The van der Waals surface area contributed by atoms with Crippen molar-refractivity contribution in [2.24, 2.45) is 0 Å². The number of nitrogens with two attached hydrogens (primary N) is 1. The molecule has 0 aliphatic carbocycles. The first-order valence-corrected chi connectivity index (χ1v) is 4.44. The summed E-state index contributed by atoms with van der Waals surface area (Å²) in [6.45, 7) is 0. The number of pyridine rings is 1. The lowest BCUT2D eigenvalue weighted by Crippen LogP contribution is -2.13. The van der Waals surface area contributed by atoms with Crippen LogP contribution in [0.25, 0.3) is 5.69 Å². The molecule has 0 atom stereocenters. The average molecular weight is 219 g/mol. The van der Waals surface area contributed by atoms with Crippen LogP contribution >= 0.6 is 0 Å². The minimum absolute atomic E-state index is 0.0821. The molecule has 0 spiro atoms. The number of nitrogen functional groups attached to an aromatic ring is 1. The molecule has 2 N–H and O–H groups in total. The van der Waals surface area contributed by atoms with Gasteiger partial charge in [-0.25, -0.2) is 9.78 Å². The lowest BCUT2D eigenvalue weighted by Gasteiger charge is -2.06. The molecule has 2 heterocycles. The molecule has 2 aromatic rings. The molecule has 0 bridgehead atoms. The first kappa shape index (κ1) is 10.1. The highest BCUT2D eigenvalue weighted by Gasteiger charge is 2.16. The maximum absolute atomic E-state index is 11.5. The topological polar surface area (TPSA) is 95.9 Å². The maximum Gasteiger partial charge on any atom is 0.359 e. The second-order valence-electron chi connectivity index (χ2n) is 2.91. The van der Waals surface area contributed by atoms with Crippen molar-refractivity contribution in [2.75, 3.05) is 12.8 Å². The summed E-state index contributed by atoms with van der Waals surface area (Å²) >= 11 is 0. The molecule has 82 valence electrons. The predicted molar refractivity (Wildman–Crippen MR) is 54.9 cm³/mol. The van der Waals surface area contributed by atoms with Crippen LogP contribution in [0.1, 0.15) is 10.5 Å². The number of ether oxygens (including phenoxy) is 1. The molecule has 0 amide bonds. The molecule has 2 rings (SSSR count). The van der Waals surface area contributed by atoms with Crippen LogP contribution in [0, 0.1) is 0 Å². The van der Waals surface area contributed by atoms with Crippen LogP contribution in [-0.4, -0.2) is 33.1 Å². The summed E-state index contributed by atoms with van der Waals surface area (Å²) in [6, 6.07) is 3.17. The SMILES string of the molecule is COC(=O)c1nc(N)ccc1-n1nccn1. The summed E-state index contributed by atoms with van der Waals surface area (Å²) < 4.78 is 4.60. The third kappa shape index (κ3) is 1.70. The summed E-state index contributed by atoms with van der Waals surface area (Å²) in [5.41, 5.74) is 6.01. The van der Waals surface area contributed by atoms with Crippen molar-refractivity contribution in [3.63, 3.8) is 0 Å². The number of rotatable bonds is 2. The van der Waals surface area contributed by atoms with Gasteiger partial charge in [0.15, 0.2) is 5.69 Å². The average Bonchev–Trinajstić information content (AvgIpc) is 2.81. The van der Waals surface area contributed by atoms with Crippen LogP contribution in [0.5, 0.6) is 0 Å². The molecule has 7 heteroatoms. The van der Waals surface area contributed by atoms with Crippen molar-refractivity contribution in [2.45, 2.75) is 0 Å². The lowest BCUT2D eigenvalue weighted by atomic mass is 10.3. The van der Waals surface area contributed by atoms with Crippen molar-refractivity contribution >= 4 is 11.8 Å². The molecule has 2 aromatic heterocycles. The molecule has 0 saturated heterocycles. The number of hydrogen-bond donors (Lipinski definition) is 1. The van der Waals surface area contributed by atoms with E-state index >= 15 is 0 Å². The number of anilines is 1. The summed E-state index contributed by atoms with van der Waals surface area (Å²) in [7, 11) is 1.27. The van der Waals surface area contributed by atoms with Crippen LogP contribution in [0.4, 0.5) is 5.82 Å². The Bertz CT molecular complexity index is 509. The second-order valence-corrected chi connectivity index (χ2v) is 2.91. The minimum Gasteiger partial charge on any atom is -0.464 e. The van der Waals surface area contributed by atoms with Gasteiger partial charge in [-0.3, -0.25) is 0 Å². The van der Waals surface area contributed by atoms with Gasteiger partial charge in [0.05, 0.1) is 19.5 Å². The van der Waals surface area contributed by atoms with E-state index in [0.29, 0.717) is 5.69 Å². The van der Waals surface area contributed by atoms with Crippen molar-refractivity contribution in [1.82, 2.24) is 20.0 Å². The van der Waals surface area contributed by atoms with Gasteiger partial charge in [-0.2, -0.15) is 10.2 Å². The fraction of sp³-hybridized carbons (Fsp3) is 0.111. The summed E-state index contributed by atoms with van der Waals surface area (Å²) in [5.74, 6) is -0.351. The van der Waals surface area contributed by atoms with Gasteiger partial charge in [0.25, 0.3) is 0 Å². The van der Waals surface area contributed by atoms with Gasteiger partial charge in [0.1, 0.15) is 11.5 Å². The molecule has 0 aliphatic rings. The molecule has 0 fully saturated rings. The van der Waals surface area contributed by atoms with Crippen molar-refractivity contribution < 1.29 is 9.53 Å². The first-order valence-electron chi connectivity index (χ1n) is 4.44. The molecule has 0 saturated carbocycles. The van der Waals surface area contributed by atoms with Crippen molar-refractivity contribution in [3.05, 3.63) is 30.2 Å². The van der Waals surface area contributed by atoms with E-state index in [2.05, 4.69) is 19.9 Å². The molecule has 0 aromatic carbocycles. The zero-order chi connectivity index (χ0) is 11.5. The van der Waals surface area contributed by atoms with Crippen LogP contribution < -0.4 is 5.73 Å².